The number of likely N-dealkylation sites (N-methyl/N-ethyl adjacent to an activating group) is 2. The van der Waals surface area contributed by atoms with E-state index in [1.54, 1.807) is 48.5 Å². The molecule has 4 aromatic carbocycles. The first-order valence-corrected chi connectivity index (χ1v) is 18.7. The zero-order valence-corrected chi connectivity index (χ0v) is 32.9. The number of carbonyl (C=O) groups excluding carboxylic acids is 1. The highest BCUT2D eigenvalue weighted by atomic mass is 19.4. The number of carboxylic acid groups (broad SMARTS) is 1. The summed E-state index contributed by atoms with van der Waals surface area (Å²) in [6, 6.07) is 20.6. The van der Waals surface area contributed by atoms with Crippen LogP contribution >= 0.6 is 0 Å². The van der Waals surface area contributed by atoms with Gasteiger partial charge in [0, 0.05) is 94.2 Å². The zero-order chi connectivity index (χ0) is 43.3. The molecule has 0 bridgehead atoms. The van der Waals surface area contributed by atoms with Gasteiger partial charge in [-0.05, 0) is 91.4 Å². The quantitative estimate of drug-likeness (QED) is 0.0832. The highest BCUT2D eigenvalue weighted by molar-refractivity contribution is 5.97. The molecule has 0 unspecified atom stereocenters. The van der Waals surface area contributed by atoms with Crippen LogP contribution in [0.4, 0.5) is 32.0 Å². The van der Waals surface area contributed by atoms with Crippen LogP contribution in [0.25, 0.3) is 0 Å². The van der Waals surface area contributed by atoms with E-state index in [0.717, 1.165) is 64.5 Å². The number of anilines is 1. The topological polar surface area (TPSA) is 93.3 Å². The summed E-state index contributed by atoms with van der Waals surface area (Å²) in [5, 5.41) is 8.54. The molecule has 4 aromatic rings. The van der Waals surface area contributed by atoms with E-state index in [9.17, 15) is 35.9 Å². The van der Waals surface area contributed by atoms with Crippen LogP contribution in [-0.2, 0) is 31.9 Å². The Balaban J connectivity index is 0.000000219. The molecular formula is C45H47F6N5O3. The van der Waals surface area contributed by atoms with Crippen LogP contribution in [0, 0.1) is 24.7 Å². The maximum atomic E-state index is 13.4. The molecule has 0 aliphatic carbocycles. The second-order valence-corrected chi connectivity index (χ2v) is 14.5. The van der Waals surface area contributed by atoms with Gasteiger partial charge < -0.3 is 20.6 Å². The smallest absolute Gasteiger partial charge is 0.416 e. The normalized spacial score (nSPS) is 15.4. The van der Waals surface area contributed by atoms with Gasteiger partial charge in [-0.2, -0.15) is 26.3 Å². The molecule has 8 nitrogen and oxygen atoms in total. The summed E-state index contributed by atoms with van der Waals surface area (Å²) < 4.78 is 78.3. The number of alkyl halides is 6. The summed E-state index contributed by atoms with van der Waals surface area (Å²) in [5.74, 6) is 3.61. The molecule has 2 fully saturated rings. The van der Waals surface area contributed by atoms with Gasteiger partial charge in [-0.1, -0.05) is 36.1 Å². The summed E-state index contributed by atoms with van der Waals surface area (Å²) in [5.41, 5.74) is 7.67. The van der Waals surface area contributed by atoms with Crippen molar-refractivity contribution in [1.29, 1.82) is 0 Å². The lowest BCUT2D eigenvalue weighted by Gasteiger charge is -2.32. The van der Waals surface area contributed by atoms with E-state index in [1.807, 2.05) is 14.1 Å². The van der Waals surface area contributed by atoms with E-state index >= 15 is 0 Å². The number of hydrogen-bond acceptors (Lipinski definition) is 7. The van der Waals surface area contributed by atoms with Gasteiger partial charge in [0.25, 0.3) is 0 Å². The summed E-state index contributed by atoms with van der Waals surface area (Å²) in [7, 11) is 4.07. The van der Waals surface area contributed by atoms with Crippen LogP contribution < -0.4 is 5.73 Å². The fourth-order valence-electron chi connectivity index (χ4n) is 6.43. The van der Waals surface area contributed by atoms with Gasteiger partial charge in [-0.3, -0.25) is 14.6 Å². The van der Waals surface area contributed by atoms with Crippen molar-refractivity contribution in [1.82, 2.24) is 19.6 Å². The number of Topliss-reactive ketones (excluding diaryl/α,β-unsaturated/α-hetero) is 1. The molecule has 2 saturated heterocycles. The molecule has 6 rings (SSSR count). The number of piperazine rings is 2. The molecule has 2 heterocycles. The van der Waals surface area contributed by atoms with E-state index < -0.39 is 29.4 Å². The minimum absolute atomic E-state index is 0.103. The van der Waals surface area contributed by atoms with Crippen molar-refractivity contribution in [2.75, 3.05) is 72.2 Å². The largest absolute Gasteiger partial charge is 0.478 e. The average Bonchev–Trinajstić information content (AvgIpc) is 3.19. The highest BCUT2D eigenvalue weighted by Crippen LogP contribution is 2.33. The number of carboxylic acids is 1. The van der Waals surface area contributed by atoms with Gasteiger partial charge in [-0.15, -0.1) is 12.8 Å². The predicted molar refractivity (Wildman–Crippen MR) is 217 cm³/mol. The Hall–Kier alpha value is -5.64. The third-order valence-corrected chi connectivity index (χ3v) is 9.72. The fraction of sp³-hybridized carbons (Fsp3) is 0.333. The molecular weight excluding hydrogens is 773 g/mol. The summed E-state index contributed by atoms with van der Waals surface area (Å²) >= 11 is 0. The van der Waals surface area contributed by atoms with E-state index in [2.05, 4.69) is 31.4 Å². The number of nitrogens with zero attached hydrogens (tertiary/aromatic N) is 4. The number of carbonyl (C=O) groups is 2. The summed E-state index contributed by atoms with van der Waals surface area (Å²) in [6.07, 6.45) is 1.53. The maximum absolute atomic E-state index is 13.4. The number of nitrogens with two attached hydrogens (primary N) is 1. The Morgan fingerprint density at radius 2 is 1.05 bits per heavy atom. The molecule has 0 amide bonds. The van der Waals surface area contributed by atoms with Crippen molar-refractivity contribution in [3.05, 3.63) is 135 Å². The van der Waals surface area contributed by atoms with Crippen molar-refractivity contribution >= 4 is 17.4 Å². The van der Waals surface area contributed by atoms with Crippen LogP contribution in [0.15, 0.2) is 84.9 Å². The monoisotopic (exact) mass is 819 g/mol. The van der Waals surface area contributed by atoms with Crippen LogP contribution in [0.1, 0.15) is 59.7 Å². The molecule has 2 aliphatic heterocycles. The van der Waals surface area contributed by atoms with Gasteiger partial charge in [0.2, 0.25) is 0 Å². The van der Waals surface area contributed by atoms with Crippen molar-refractivity contribution in [2.24, 2.45) is 0 Å². The van der Waals surface area contributed by atoms with Crippen LogP contribution in [0.3, 0.4) is 0 Å². The Bertz CT molecular complexity index is 2140. The van der Waals surface area contributed by atoms with Crippen molar-refractivity contribution in [3.8, 4) is 24.7 Å². The first-order valence-electron chi connectivity index (χ1n) is 18.7. The van der Waals surface area contributed by atoms with E-state index in [1.165, 1.54) is 24.3 Å². The number of ketones is 1. The standard InChI is InChI=1S/C23H23F3N2O.C13H18F3N3.C9H6O2/c1-3-17-5-4-6-20(12-17)22(29)15-18-11-19(14-21(13-18)23(24,25)26)16-28-9-7-27(2)8-10-28;1-18-2-4-19(5-3-18)9-10-6-11(13(14,15)16)8-12(17)7-10;1-2-7-4-3-5-8(6-7)9(10)11/h1,4-6,11-14H,7-10,15-16H2,2H3;6-8H,2-5,9,17H2,1H3;1,3-6H,(H,10,11). The highest BCUT2D eigenvalue weighted by Gasteiger charge is 2.32. The van der Waals surface area contributed by atoms with Crippen molar-refractivity contribution < 1.29 is 41.0 Å². The first kappa shape index (κ1) is 46.1. The maximum Gasteiger partial charge on any atom is 0.416 e. The summed E-state index contributed by atoms with van der Waals surface area (Å²) in [6.45, 7) is 7.95. The van der Waals surface area contributed by atoms with Crippen LogP contribution in [-0.4, -0.2) is 103 Å². The van der Waals surface area contributed by atoms with Gasteiger partial charge in [0.1, 0.15) is 0 Å². The Morgan fingerprint density at radius 3 is 1.51 bits per heavy atom. The number of rotatable bonds is 8. The number of nitrogen functional groups attached to an aromatic ring is 1. The molecule has 3 N–H and O–H groups in total. The van der Waals surface area contributed by atoms with Gasteiger partial charge in [0.05, 0.1) is 16.7 Å². The molecule has 0 saturated carbocycles. The van der Waals surface area contributed by atoms with E-state index in [4.69, 9.17) is 23.7 Å². The molecule has 59 heavy (non-hydrogen) atoms. The fourth-order valence-corrected chi connectivity index (χ4v) is 6.43. The zero-order valence-electron chi connectivity index (χ0n) is 32.9. The van der Waals surface area contributed by atoms with E-state index in [-0.39, 0.29) is 23.5 Å². The SMILES string of the molecule is C#Cc1cccc(C(=O)Cc2cc(CN3CCN(C)CC3)cc(C(F)(F)F)c2)c1.C#Cc1cccc(C(=O)O)c1.CN1CCN(Cc2cc(N)cc(C(F)(F)F)c2)CC1. The molecule has 2 aliphatic rings. The lowest BCUT2D eigenvalue weighted by Crippen LogP contribution is -2.43. The van der Waals surface area contributed by atoms with Gasteiger partial charge >= 0.3 is 18.3 Å². The third kappa shape index (κ3) is 14.9. The number of terminal acetylenes is 2. The van der Waals surface area contributed by atoms with Gasteiger partial charge in [0.15, 0.2) is 5.78 Å². The number of benzene rings is 4. The molecule has 0 aromatic heterocycles. The lowest BCUT2D eigenvalue weighted by atomic mass is 9.97. The van der Waals surface area contributed by atoms with Crippen LogP contribution in [0.2, 0.25) is 0 Å². The Morgan fingerprint density at radius 1 is 0.627 bits per heavy atom. The van der Waals surface area contributed by atoms with Crippen molar-refractivity contribution in [3.63, 3.8) is 0 Å². The molecule has 14 heteroatoms. The number of hydrogen-bond donors (Lipinski definition) is 2. The molecule has 0 spiro atoms. The molecule has 0 atom stereocenters. The number of aromatic carboxylic acids is 1. The predicted octanol–water partition coefficient (Wildman–Crippen LogP) is 7.26. The Kier molecular flexibility index (Phi) is 16.3. The number of halogens is 6. The van der Waals surface area contributed by atoms with Crippen LogP contribution in [0.5, 0.6) is 0 Å². The third-order valence-electron chi connectivity index (χ3n) is 9.72. The first-order chi connectivity index (χ1) is 27.8. The van der Waals surface area contributed by atoms with Gasteiger partial charge in [-0.25, -0.2) is 4.79 Å². The average molecular weight is 820 g/mol. The lowest BCUT2D eigenvalue weighted by molar-refractivity contribution is -0.138. The van der Waals surface area contributed by atoms with E-state index in [0.29, 0.717) is 46.5 Å². The molecule has 0 radical (unpaired) electrons. The second kappa shape index (κ2) is 20.9. The minimum atomic E-state index is -4.46. The minimum Gasteiger partial charge on any atom is -0.478 e. The van der Waals surface area contributed by atoms with Crippen molar-refractivity contribution in [2.45, 2.75) is 31.9 Å². The second-order valence-electron chi connectivity index (χ2n) is 14.5. The summed E-state index contributed by atoms with van der Waals surface area (Å²) in [4.78, 5) is 31.7. The molecule has 312 valence electrons. The Labute approximate surface area is 341 Å².